The molecule has 0 unspecified atom stereocenters. The fourth-order valence-electron chi connectivity index (χ4n) is 4.47. The van der Waals surface area contributed by atoms with Crippen LogP contribution in [0.5, 0.6) is 0 Å². The lowest BCUT2D eigenvalue weighted by atomic mass is 10.1. The maximum Gasteiger partial charge on any atom is 0.261 e. The molecule has 31 heavy (non-hydrogen) atoms. The van der Waals surface area contributed by atoms with Crippen molar-refractivity contribution in [2.75, 3.05) is 25.0 Å². The van der Waals surface area contributed by atoms with Crippen LogP contribution in [0.15, 0.2) is 53.3 Å². The first-order valence-corrected chi connectivity index (χ1v) is 11.0. The Morgan fingerprint density at radius 3 is 2.68 bits per heavy atom. The lowest BCUT2D eigenvalue weighted by Crippen LogP contribution is -2.25. The van der Waals surface area contributed by atoms with Crippen LogP contribution in [0.25, 0.3) is 22.6 Å². The van der Waals surface area contributed by atoms with Crippen molar-refractivity contribution in [2.45, 2.75) is 32.2 Å². The molecule has 0 atom stereocenters. The van der Waals surface area contributed by atoms with Gasteiger partial charge in [0, 0.05) is 25.2 Å². The van der Waals surface area contributed by atoms with Gasteiger partial charge in [0.1, 0.15) is 5.82 Å². The van der Waals surface area contributed by atoms with Gasteiger partial charge in [-0.25, -0.2) is 4.98 Å². The summed E-state index contributed by atoms with van der Waals surface area (Å²) in [4.78, 5) is 32.5. The molecule has 2 aromatic carbocycles. The number of likely N-dealkylation sites (tertiary alicyclic amines) is 1. The molecule has 0 radical (unpaired) electrons. The number of nitrogens with one attached hydrogen (secondary N) is 1. The maximum absolute atomic E-state index is 13.0. The summed E-state index contributed by atoms with van der Waals surface area (Å²) in [7, 11) is 0. The molecular formula is C25H26N4O2. The molecule has 0 spiro atoms. The molecule has 1 aromatic heterocycles. The number of aromatic nitrogens is 2. The van der Waals surface area contributed by atoms with Crippen molar-refractivity contribution in [2.24, 2.45) is 0 Å². The monoisotopic (exact) mass is 414 g/mol. The van der Waals surface area contributed by atoms with E-state index in [2.05, 4.69) is 16.3 Å². The minimum Gasteiger partial charge on any atom is -0.326 e. The second kappa shape index (κ2) is 8.47. The van der Waals surface area contributed by atoms with Gasteiger partial charge in [0.2, 0.25) is 5.91 Å². The predicted octanol–water partition coefficient (Wildman–Crippen LogP) is 3.77. The van der Waals surface area contributed by atoms with Crippen LogP contribution >= 0.6 is 0 Å². The fraction of sp³-hybridized carbons (Fsp3) is 0.320. The van der Waals surface area contributed by atoms with Gasteiger partial charge >= 0.3 is 0 Å². The van der Waals surface area contributed by atoms with Gasteiger partial charge < -0.3 is 10.2 Å². The molecule has 2 aliphatic rings. The molecular weight excluding hydrogens is 388 g/mol. The van der Waals surface area contributed by atoms with Crippen molar-refractivity contribution >= 4 is 34.1 Å². The quantitative estimate of drug-likeness (QED) is 0.690. The first kappa shape index (κ1) is 19.7. The molecule has 0 saturated carbocycles. The average molecular weight is 415 g/mol. The summed E-state index contributed by atoms with van der Waals surface area (Å²) in [6.07, 6.45) is 5.80. The third kappa shape index (κ3) is 4.16. The Balaban J connectivity index is 1.40. The molecule has 5 rings (SSSR count). The van der Waals surface area contributed by atoms with E-state index >= 15 is 0 Å². The Morgan fingerprint density at radius 2 is 1.87 bits per heavy atom. The molecule has 1 fully saturated rings. The normalized spacial score (nSPS) is 17.4. The van der Waals surface area contributed by atoms with Crippen LogP contribution in [0.3, 0.4) is 0 Å². The first-order chi connectivity index (χ1) is 15.2. The van der Waals surface area contributed by atoms with Crippen molar-refractivity contribution < 1.29 is 4.79 Å². The molecule has 1 saturated heterocycles. The van der Waals surface area contributed by atoms with Crippen molar-refractivity contribution in [3.8, 4) is 0 Å². The summed E-state index contributed by atoms with van der Waals surface area (Å²) in [5.41, 5.74) is 3.43. The number of anilines is 1. The van der Waals surface area contributed by atoms with Crippen molar-refractivity contribution in [1.29, 1.82) is 0 Å². The zero-order valence-corrected chi connectivity index (χ0v) is 17.5. The number of fused-ring (bicyclic) bond motifs is 2. The van der Waals surface area contributed by atoms with Gasteiger partial charge in [0.25, 0.3) is 5.56 Å². The highest BCUT2D eigenvalue weighted by Gasteiger charge is 2.21. The van der Waals surface area contributed by atoms with E-state index in [1.54, 1.807) is 16.7 Å². The van der Waals surface area contributed by atoms with Crippen molar-refractivity contribution in [3.05, 3.63) is 70.3 Å². The highest BCUT2D eigenvalue weighted by molar-refractivity contribution is 5.94. The van der Waals surface area contributed by atoms with Gasteiger partial charge in [-0.15, -0.1) is 0 Å². The molecule has 1 N–H and O–H groups in total. The highest BCUT2D eigenvalue weighted by atomic mass is 16.1. The third-order valence-corrected chi connectivity index (χ3v) is 6.13. The molecule has 2 aliphatic heterocycles. The van der Waals surface area contributed by atoms with Crippen LogP contribution in [-0.4, -0.2) is 40.0 Å². The molecule has 3 heterocycles. The second-order valence-corrected chi connectivity index (χ2v) is 8.30. The molecule has 6 heteroatoms. The minimum atomic E-state index is -0.0247. The van der Waals surface area contributed by atoms with Crippen LogP contribution in [-0.2, 0) is 11.3 Å². The van der Waals surface area contributed by atoms with Gasteiger partial charge in [-0.1, -0.05) is 30.3 Å². The summed E-state index contributed by atoms with van der Waals surface area (Å²) < 4.78 is 1.76. The molecule has 158 valence electrons. The SMILES string of the molecule is O=C(CCN1CCCC1)Nc1ccc2c(=O)n3c(nc2c1)C(=Cc1ccccc1)CC3. The number of rotatable bonds is 5. The van der Waals surface area contributed by atoms with Crippen LogP contribution in [0.2, 0.25) is 0 Å². The van der Waals surface area contributed by atoms with Crippen molar-refractivity contribution in [1.82, 2.24) is 14.5 Å². The lowest BCUT2D eigenvalue weighted by Gasteiger charge is -2.14. The van der Waals surface area contributed by atoms with Gasteiger partial charge in [-0.05, 0) is 67.8 Å². The van der Waals surface area contributed by atoms with Gasteiger partial charge in [0.15, 0.2) is 0 Å². The topological polar surface area (TPSA) is 67.2 Å². The van der Waals surface area contributed by atoms with Gasteiger partial charge in [0.05, 0.1) is 10.9 Å². The highest BCUT2D eigenvalue weighted by Crippen LogP contribution is 2.28. The van der Waals surface area contributed by atoms with E-state index in [1.807, 2.05) is 36.4 Å². The maximum atomic E-state index is 13.0. The molecule has 0 aliphatic carbocycles. The second-order valence-electron chi connectivity index (χ2n) is 8.30. The lowest BCUT2D eigenvalue weighted by molar-refractivity contribution is -0.116. The number of hydrogen-bond acceptors (Lipinski definition) is 4. The van der Waals surface area contributed by atoms with Gasteiger partial charge in [-0.2, -0.15) is 0 Å². The van der Waals surface area contributed by atoms with Crippen LogP contribution in [0.1, 0.15) is 37.1 Å². The Labute approximate surface area is 181 Å². The van der Waals surface area contributed by atoms with E-state index in [0.717, 1.165) is 43.0 Å². The van der Waals surface area contributed by atoms with E-state index < -0.39 is 0 Å². The Kier molecular flexibility index (Phi) is 5.38. The van der Waals surface area contributed by atoms with E-state index in [4.69, 9.17) is 4.98 Å². The predicted molar refractivity (Wildman–Crippen MR) is 124 cm³/mol. The number of hydrogen-bond donors (Lipinski definition) is 1. The van der Waals surface area contributed by atoms with E-state index in [0.29, 0.717) is 29.6 Å². The smallest absolute Gasteiger partial charge is 0.261 e. The number of nitrogens with zero attached hydrogens (tertiary/aromatic N) is 3. The Hall–Kier alpha value is -3.25. The first-order valence-electron chi connectivity index (χ1n) is 11.0. The largest absolute Gasteiger partial charge is 0.326 e. The van der Waals surface area contributed by atoms with E-state index in [9.17, 15) is 9.59 Å². The Bertz CT molecular complexity index is 1210. The molecule has 6 nitrogen and oxygen atoms in total. The summed E-state index contributed by atoms with van der Waals surface area (Å²) in [5, 5.41) is 3.55. The number of carbonyl (C=O) groups is 1. The number of carbonyl (C=O) groups excluding carboxylic acids is 1. The van der Waals surface area contributed by atoms with Crippen molar-refractivity contribution in [3.63, 3.8) is 0 Å². The molecule has 1 amide bonds. The summed E-state index contributed by atoms with van der Waals surface area (Å²) in [5.74, 6) is 0.715. The number of allylic oxidation sites excluding steroid dienone is 1. The zero-order chi connectivity index (χ0) is 21.2. The fourth-order valence-corrected chi connectivity index (χ4v) is 4.47. The molecule has 3 aromatic rings. The zero-order valence-electron chi connectivity index (χ0n) is 17.5. The van der Waals surface area contributed by atoms with E-state index in [1.165, 1.54) is 12.8 Å². The standard InChI is InChI=1S/C25H26N4O2/c30-23(11-14-28-12-4-5-13-28)26-20-8-9-21-22(17-20)27-24-19(10-15-29(24)25(21)31)16-18-6-2-1-3-7-18/h1-3,6-9,16-17H,4-5,10-15H2,(H,26,30). The van der Waals surface area contributed by atoms with Crippen LogP contribution in [0, 0.1) is 0 Å². The van der Waals surface area contributed by atoms with Gasteiger partial charge in [-0.3, -0.25) is 14.2 Å². The Morgan fingerprint density at radius 1 is 1.06 bits per heavy atom. The number of amides is 1. The summed E-state index contributed by atoms with van der Waals surface area (Å²) in [6.45, 7) is 3.60. The number of benzene rings is 2. The summed E-state index contributed by atoms with van der Waals surface area (Å²) in [6, 6.07) is 15.5. The van der Waals surface area contributed by atoms with E-state index in [-0.39, 0.29) is 11.5 Å². The molecule has 0 bridgehead atoms. The summed E-state index contributed by atoms with van der Waals surface area (Å²) >= 11 is 0. The average Bonchev–Trinajstić information content (AvgIpc) is 3.44. The third-order valence-electron chi connectivity index (χ3n) is 6.13. The minimum absolute atomic E-state index is 0.00575. The van der Waals surface area contributed by atoms with Crippen LogP contribution < -0.4 is 10.9 Å². The van der Waals surface area contributed by atoms with Crippen LogP contribution in [0.4, 0.5) is 5.69 Å².